The van der Waals surface area contributed by atoms with Crippen molar-refractivity contribution in [2.24, 2.45) is 0 Å². The van der Waals surface area contributed by atoms with Gasteiger partial charge in [-0.25, -0.2) is 4.98 Å². The van der Waals surface area contributed by atoms with Crippen molar-refractivity contribution in [3.05, 3.63) is 35.4 Å². The average molecular weight is 332 g/mol. The molecule has 1 unspecified atom stereocenters. The first-order chi connectivity index (χ1) is 10.7. The molecule has 2 aromatic carbocycles. The zero-order chi connectivity index (χ0) is 15.1. The van der Waals surface area contributed by atoms with E-state index >= 15 is 0 Å². The van der Waals surface area contributed by atoms with Crippen molar-refractivity contribution < 1.29 is 4.79 Å². The number of carbonyl (C=O) groups excluding carboxylic acids is 1. The Hall–Kier alpha value is -1.69. The number of rotatable bonds is 2. The molecule has 1 aliphatic rings. The van der Waals surface area contributed by atoms with Gasteiger partial charge in [0, 0.05) is 10.4 Å². The van der Waals surface area contributed by atoms with E-state index in [2.05, 4.69) is 15.6 Å². The van der Waals surface area contributed by atoms with E-state index in [0.29, 0.717) is 5.13 Å². The number of nitrogens with one attached hydrogen (secondary N) is 2. The van der Waals surface area contributed by atoms with Gasteiger partial charge in [-0.2, -0.15) is 0 Å². The predicted octanol–water partition coefficient (Wildman–Crippen LogP) is 3.79. The fourth-order valence-corrected chi connectivity index (χ4v) is 4.02. The van der Waals surface area contributed by atoms with Gasteiger partial charge in [-0.1, -0.05) is 35.1 Å². The van der Waals surface area contributed by atoms with Crippen LogP contribution in [0.1, 0.15) is 12.8 Å². The van der Waals surface area contributed by atoms with E-state index in [4.69, 9.17) is 11.6 Å². The minimum Gasteiger partial charge on any atom is -0.306 e. The van der Waals surface area contributed by atoms with Crippen molar-refractivity contribution in [2.45, 2.75) is 18.9 Å². The number of carbonyl (C=O) groups is 1. The van der Waals surface area contributed by atoms with Crippen LogP contribution in [-0.2, 0) is 4.79 Å². The maximum atomic E-state index is 12.2. The van der Waals surface area contributed by atoms with Gasteiger partial charge in [-0.05, 0) is 43.0 Å². The lowest BCUT2D eigenvalue weighted by Gasteiger charge is -2.08. The molecule has 0 radical (unpaired) electrons. The molecular formula is C16H14ClN3OS. The summed E-state index contributed by atoms with van der Waals surface area (Å²) in [6.07, 6.45) is 1.93. The second-order valence-corrected chi connectivity index (χ2v) is 6.87. The molecule has 0 aliphatic carbocycles. The molecule has 22 heavy (non-hydrogen) atoms. The fraction of sp³-hybridized carbons (Fsp3) is 0.250. The number of amides is 1. The molecule has 4 rings (SSSR count). The summed E-state index contributed by atoms with van der Waals surface area (Å²) in [4.78, 5) is 16.7. The smallest absolute Gasteiger partial charge is 0.243 e. The summed E-state index contributed by atoms with van der Waals surface area (Å²) in [5.74, 6) is 0.00362. The largest absolute Gasteiger partial charge is 0.306 e. The minimum atomic E-state index is -0.0948. The summed E-state index contributed by atoms with van der Waals surface area (Å²) in [6, 6.07) is 9.70. The van der Waals surface area contributed by atoms with Crippen LogP contribution >= 0.6 is 22.9 Å². The molecule has 0 saturated carbocycles. The number of hydrogen-bond donors (Lipinski definition) is 2. The number of nitrogens with zero attached hydrogens (tertiary/aromatic N) is 1. The first-order valence-electron chi connectivity index (χ1n) is 7.24. The van der Waals surface area contributed by atoms with Gasteiger partial charge < -0.3 is 10.6 Å². The van der Waals surface area contributed by atoms with Gasteiger partial charge in [0.1, 0.15) is 0 Å². The van der Waals surface area contributed by atoms with Crippen LogP contribution in [0.15, 0.2) is 30.3 Å². The Balaban J connectivity index is 1.70. The van der Waals surface area contributed by atoms with Gasteiger partial charge in [-0.3, -0.25) is 4.79 Å². The van der Waals surface area contributed by atoms with Crippen LogP contribution < -0.4 is 10.6 Å². The predicted molar refractivity (Wildman–Crippen MR) is 91.8 cm³/mol. The third kappa shape index (κ3) is 2.45. The molecule has 1 fully saturated rings. The molecule has 112 valence electrons. The summed E-state index contributed by atoms with van der Waals surface area (Å²) in [5, 5.41) is 9.69. The molecule has 2 N–H and O–H groups in total. The van der Waals surface area contributed by atoms with Gasteiger partial charge in [0.2, 0.25) is 5.91 Å². The Morgan fingerprint density at radius 1 is 1.36 bits per heavy atom. The number of fused-ring (bicyclic) bond motifs is 3. The van der Waals surface area contributed by atoms with Crippen molar-refractivity contribution in [1.82, 2.24) is 10.3 Å². The normalized spacial score (nSPS) is 18.1. The summed E-state index contributed by atoms with van der Waals surface area (Å²) < 4.78 is 1.07. The van der Waals surface area contributed by atoms with Crippen LogP contribution in [-0.4, -0.2) is 23.5 Å². The third-order valence-electron chi connectivity index (χ3n) is 3.94. The highest BCUT2D eigenvalue weighted by Gasteiger charge is 2.22. The monoisotopic (exact) mass is 331 g/mol. The minimum absolute atomic E-state index is 0.00362. The van der Waals surface area contributed by atoms with Crippen LogP contribution in [0.4, 0.5) is 5.13 Å². The molecule has 6 heteroatoms. The van der Waals surface area contributed by atoms with Crippen molar-refractivity contribution in [1.29, 1.82) is 0 Å². The highest BCUT2D eigenvalue weighted by Crippen LogP contribution is 2.33. The maximum Gasteiger partial charge on any atom is 0.243 e. The quantitative estimate of drug-likeness (QED) is 0.751. The first kappa shape index (κ1) is 13.9. The molecule has 4 nitrogen and oxygen atoms in total. The molecule has 1 amide bonds. The standard InChI is InChI=1S/C16H14ClN3OS/c17-10-4-5-11-9(8-10)3-6-12-14(11)22-16(19-12)20-15(21)13-2-1-7-18-13/h3-6,8,13,18H,1-2,7H2,(H,19,20,21). The zero-order valence-electron chi connectivity index (χ0n) is 11.7. The highest BCUT2D eigenvalue weighted by atomic mass is 35.5. The summed E-state index contributed by atoms with van der Waals surface area (Å²) in [5.41, 5.74) is 0.898. The molecule has 1 aromatic heterocycles. The number of halogens is 1. The Labute approximate surface area is 136 Å². The number of thiazole rings is 1. The third-order valence-corrected chi connectivity index (χ3v) is 5.19. The summed E-state index contributed by atoms with van der Waals surface area (Å²) in [6.45, 7) is 0.906. The maximum absolute atomic E-state index is 12.2. The van der Waals surface area contributed by atoms with Gasteiger partial charge in [0.15, 0.2) is 5.13 Å². The average Bonchev–Trinajstić information content (AvgIpc) is 3.15. The van der Waals surface area contributed by atoms with E-state index in [1.807, 2.05) is 30.3 Å². The topological polar surface area (TPSA) is 54.0 Å². The number of hydrogen-bond acceptors (Lipinski definition) is 4. The van der Waals surface area contributed by atoms with Crippen molar-refractivity contribution in [3.63, 3.8) is 0 Å². The molecule has 2 heterocycles. The van der Waals surface area contributed by atoms with E-state index in [1.54, 1.807) is 0 Å². The first-order valence-corrected chi connectivity index (χ1v) is 8.43. The van der Waals surface area contributed by atoms with E-state index in [1.165, 1.54) is 11.3 Å². The van der Waals surface area contributed by atoms with Gasteiger partial charge in [0.05, 0.1) is 16.3 Å². The van der Waals surface area contributed by atoms with Crippen molar-refractivity contribution in [2.75, 3.05) is 11.9 Å². The van der Waals surface area contributed by atoms with Crippen LogP contribution in [0.5, 0.6) is 0 Å². The summed E-state index contributed by atoms with van der Waals surface area (Å²) in [7, 11) is 0. The Kier molecular flexibility index (Phi) is 3.48. The molecule has 1 atom stereocenters. The van der Waals surface area contributed by atoms with Crippen LogP contribution in [0, 0.1) is 0 Å². The van der Waals surface area contributed by atoms with E-state index in [0.717, 1.165) is 45.4 Å². The number of aromatic nitrogens is 1. The Bertz CT molecular complexity index is 870. The summed E-state index contributed by atoms with van der Waals surface area (Å²) >= 11 is 7.55. The molecule has 1 saturated heterocycles. The second kappa shape index (κ2) is 5.50. The van der Waals surface area contributed by atoms with E-state index < -0.39 is 0 Å². The van der Waals surface area contributed by atoms with Crippen molar-refractivity contribution in [3.8, 4) is 0 Å². The molecule has 0 bridgehead atoms. The highest BCUT2D eigenvalue weighted by molar-refractivity contribution is 7.23. The molecule has 3 aromatic rings. The lowest BCUT2D eigenvalue weighted by atomic mass is 10.1. The van der Waals surface area contributed by atoms with E-state index in [-0.39, 0.29) is 11.9 Å². The van der Waals surface area contributed by atoms with Gasteiger partial charge >= 0.3 is 0 Å². The Morgan fingerprint density at radius 2 is 2.27 bits per heavy atom. The van der Waals surface area contributed by atoms with E-state index in [9.17, 15) is 4.79 Å². The molecule has 0 spiro atoms. The fourth-order valence-electron chi connectivity index (χ4n) is 2.84. The lowest BCUT2D eigenvalue weighted by Crippen LogP contribution is -2.35. The molecular weight excluding hydrogens is 318 g/mol. The van der Waals surface area contributed by atoms with Gasteiger partial charge in [-0.15, -0.1) is 0 Å². The Morgan fingerprint density at radius 3 is 3.09 bits per heavy atom. The number of benzene rings is 2. The zero-order valence-corrected chi connectivity index (χ0v) is 13.3. The van der Waals surface area contributed by atoms with Crippen molar-refractivity contribution >= 4 is 55.0 Å². The van der Waals surface area contributed by atoms with Gasteiger partial charge in [0.25, 0.3) is 0 Å². The lowest BCUT2D eigenvalue weighted by molar-refractivity contribution is -0.117. The van der Waals surface area contributed by atoms with Crippen LogP contribution in [0.3, 0.4) is 0 Å². The molecule has 1 aliphatic heterocycles. The van der Waals surface area contributed by atoms with Crippen LogP contribution in [0.25, 0.3) is 21.0 Å². The van der Waals surface area contributed by atoms with Crippen LogP contribution in [0.2, 0.25) is 5.02 Å². The second-order valence-electron chi connectivity index (χ2n) is 5.44. The number of anilines is 1. The SMILES string of the molecule is O=C(Nc1nc2ccc3cc(Cl)ccc3c2s1)C1CCCN1.